The molecule has 3 rings (SSSR count). The fourth-order valence-electron chi connectivity index (χ4n) is 3.33. The Balaban J connectivity index is 0.00000187. The SMILES string of the molecule is CC.COc1cc2c(cc1NC(=O)/C(C(C)=N)=C(\C)O)OCC(=O)N2Cc1ccc(C)cc1. The first-order chi connectivity index (χ1) is 15.7. The molecule has 3 N–H and O–H groups in total. The van der Waals surface area contributed by atoms with Crippen molar-refractivity contribution in [3.63, 3.8) is 0 Å². The van der Waals surface area contributed by atoms with E-state index in [1.54, 1.807) is 17.0 Å². The Kier molecular flexibility index (Phi) is 8.62. The summed E-state index contributed by atoms with van der Waals surface area (Å²) in [5.41, 5.74) is 2.74. The zero-order valence-corrected chi connectivity index (χ0v) is 19.9. The molecule has 8 heteroatoms. The average Bonchev–Trinajstić information content (AvgIpc) is 2.77. The molecule has 0 atom stereocenters. The number of aliphatic hydroxyl groups is 1. The standard InChI is InChI=1S/C23H25N3O5.C2H6/c1-13-5-7-16(8-6-13)11-26-18-10-19(30-4)17(9-20(18)31-12-21(26)28)25-23(29)22(14(2)24)15(3)27;1-2/h5-10,24,27H,11-12H2,1-4H3,(H,25,29);1-2H3/b22-15+,24-14?;. The van der Waals surface area contributed by atoms with Crippen molar-refractivity contribution in [1.82, 2.24) is 0 Å². The van der Waals surface area contributed by atoms with Crippen LogP contribution in [0.2, 0.25) is 0 Å². The fourth-order valence-corrected chi connectivity index (χ4v) is 3.33. The molecule has 2 aromatic rings. The van der Waals surface area contributed by atoms with Gasteiger partial charge in [0.15, 0.2) is 6.61 Å². The Bertz CT molecular complexity index is 1070. The zero-order valence-electron chi connectivity index (χ0n) is 19.9. The number of benzene rings is 2. The minimum absolute atomic E-state index is 0.0689. The number of hydrogen-bond acceptors (Lipinski definition) is 6. The number of carbonyl (C=O) groups is 2. The molecule has 0 fully saturated rings. The van der Waals surface area contributed by atoms with E-state index in [2.05, 4.69) is 5.32 Å². The number of nitrogens with zero attached hydrogens (tertiary/aromatic N) is 1. The van der Waals surface area contributed by atoms with Gasteiger partial charge in [0.1, 0.15) is 17.3 Å². The molecular formula is C25H31N3O5. The molecule has 0 saturated heterocycles. The van der Waals surface area contributed by atoms with Gasteiger partial charge in [-0.15, -0.1) is 0 Å². The second-order valence-electron chi connectivity index (χ2n) is 7.31. The highest BCUT2D eigenvalue weighted by Crippen LogP contribution is 2.41. The van der Waals surface area contributed by atoms with E-state index in [0.717, 1.165) is 11.1 Å². The first kappa shape index (κ1) is 25.5. The van der Waals surface area contributed by atoms with Crippen LogP contribution in [0.4, 0.5) is 11.4 Å². The predicted molar refractivity (Wildman–Crippen MR) is 130 cm³/mol. The van der Waals surface area contributed by atoms with Crippen molar-refractivity contribution in [1.29, 1.82) is 5.41 Å². The molecule has 0 bridgehead atoms. The van der Waals surface area contributed by atoms with Crippen LogP contribution in [0.25, 0.3) is 0 Å². The molecule has 8 nitrogen and oxygen atoms in total. The number of fused-ring (bicyclic) bond motifs is 1. The van der Waals surface area contributed by atoms with E-state index in [1.165, 1.54) is 21.0 Å². The van der Waals surface area contributed by atoms with Gasteiger partial charge in [-0.25, -0.2) is 0 Å². The van der Waals surface area contributed by atoms with Crippen molar-refractivity contribution < 1.29 is 24.2 Å². The zero-order chi connectivity index (χ0) is 24.7. The number of hydrogen-bond donors (Lipinski definition) is 3. The number of aryl methyl sites for hydroxylation is 1. The number of anilines is 2. The van der Waals surface area contributed by atoms with Gasteiger partial charge in [0.25, 0.3) is 11.8 Å². The fraction of sp³-hybridized carbons (Fsp3) is 0.320. The highest BCUT2D eigenvalue weighted by Gasteiger charge is 2.28. The third-order valence-electron chi connectivity index (χ3n) is 4.90. The lowest BCUT2D eigenvalue weighted by Crippen LogP contribution is -2.38. The number of aliphatic hydroxyl groups excluding tert-OH is 1. The van der Waals surface area contributed by atoms with Gasteiger partial charge in [-0.3, -0.25) is 9.59 Å². The van der Waals surface area contributed by atoms with E-state index in [9.17, 15) is 14.7 Å². The smallest absolute Gasteiger partial charge is 0.265 e. The summed E-state index contributed by atoms with van der Waals surface area (Å²) < 4.78 is 11.0. The monoisotopic (exact) mass is 453 g/mol. The van der Waals surface area contributed by atoms with E-state index in [0.29, 0.717) is 29.4 Å². The first-order valence-electron chi connectivity index (χ1n) is 10.7. The van der Waals surface area contributed by atoms with Crippen LogP contribution in [-0.2, 0) is 16.1 Å². The van der Waals surface area contributed by atoms with Crippen molar-refractivity contribution in [2.24, 2.45) is 0 Å². The highest BCUT2D eigenvalue weighted by molar-refractivity contribution is 6.24. The van der Waals surface area contributed by atoms with Crippen LogP contribution in [0.3, 0.4) is 0 Å². The van der Waals surface area contributed by atoms with E-state index < -0.39 is 5.91 Å². The summed E-state index contributed by atoms with van der Waals surface area (Å²) in [6, 6.07) is 11.1. The normalized spacial score (nSPS) is 13.0. The van der Waals surface area contributed by atoms with Crippen molar-refractivity contribution in [3.8, 4) is 11.5 Å². The van der Waals surface area contributed by atoms with Crippen LogP contribution in [0.15, 0.2) is 47.7 Å². The summed E-state index contributed by atoms with van der Waals surface area (Å²) in [7, 11) is 1.45. The van der Waals surface area contributed by atoms with Crippen LogP contribution in [0, 0.1) is 12.3 Å². The Morgan fingerprint density at radius 2 is 1.85 bits per heavy atom. The van der Waals surface area contributed by atoms with Gasteiger partial charge < -0.3 is 30.2 Å². The van der Waals surface area contributed by atoms with Crippen molar-refractivity contribution in [2.45, 2.75) is 41.2 Å². The summed E-state index contributed by atoms with van der Waals surface area (Å²) in [6.45, 7) is 9.00. The van der Waals surface area contributed by atoms with E-state index in [1.807, 2.05) is 45.0 Å². The van der Waals surface area contributed by atoms with Gasteiger partial charge in [0, 0.05) is 17.8 Å². The van der Waals surface area contributed by atoms with Crippen molar-refractivity contribution in [2.75, 3.05) is 23.9 Å². The van der Waals surface area contributed by atoms with Crippen LogP contribution >= 0.6 is 0 Å². The van der Waals surface area contributed by atoms with Crippen molar-refractivity contribution >= 4 is 28.9 Å². The molecule has 0 unspecified atom stereocenters. The molecule has 0 spiro atoms. The maximum Gasteiger partial charge on any atom is 0.265 e. The van der Waals surface area contributed by atoms with Crippen LogP contribution in [-0.4, -0.2) is 36.3 Å². The molecule has 0 saturated carbocycles. The lowest BCUT2D eigenvalue weighted by Gasteiger charge is -2.30. The second kappa shape index (κ2) is 11.2. The van der Waals surface area contributed by atoms with Gasteiger partial charge >= 0.3 is 0 Å². The minimum Gasteiger partial charge on any atom is -0.512 e. The van der Waals surface area contributed by atoms with E-state index >= 15 is 0 Å². The highest BCUT2D eigenvalue weighted by atomic mass is 16.5. The average molecular weight is 454 g/mol. The van der Waals surface area contributed by atoms with E-state index in [4.69, 9.17) is 14.9 Å². The van der Waals surface area contributed by atoms with Gasteiger partial charge in [-0.05, 0) is 26.3 Å². The summed E-state index contributed by atoms with van der Waals surface area (Å²) in [5, 5.41) is 20.1. The van der Waals surface area contributed by atoms with Gasteiger partial charge in [-0.1, -0.05) is 43.7 Å². The van der Waals surface area contributed by atoms with E-state index in [-0.39, 0.29) is 29.6 Å². The Morgan fingerprint density at radius 3 is 2.39 bits per heavy atom. The van der Waals surface area contributed by atoms with Crippen LogP contribution in [0.5, 0.6) is 11.5 Å². The summed E-state index contributed by atoms with van der Waals surface area (Å²) in [4.78, 5) is 26.8. The third kappa shape index (κ3) is 5.91. The lowest BCUT2D eigenvalue weighted by molar-refractivity contribution is -0.121. The molecule has 176 valence electrons. The summed E-state index contributed by atoms with van der Waals surface area (Å²) >= 11 is 0. The molecule has 1 heterocycles. The van der Waals surface area contributed by atoms with Crippen LogP contribution in [0.1, 0.15) is 38.8 Å². The maximum atomic E-state index is 12.6. The molecule has 2 amide bonds. The third-order valence-corrected chi connectivity index (χ3v) is 4.90. The van der Waals surface area contributed by atoms with Crippen LogP contribution < -0.4 is 19.7 Å². The van der Waals surface area contributed by atoms with Gasteiger partial charge in [0.05, 0.1) is 30.6 Å². The number of nitrogens with one attached hydrogen (secondary N) is 2. The number of ether oxygens (including phenoxy) is 2. The lowest BCUT2D eigenvalue weighted by atomic mass is 10.1. The number of methoxy groups -OCH3 is 1. The minimum atomic E-state index is -0.644. The number of amides is 2. The number of allylic oxidation sites excluding steroid dienone is 1. The van der Waals surface area contributed by atoms with Gasteiger partial charge in [0.2, 0.25) is 0 Å². The Morgan fingerprint density at radius 1 is 1.21 bits per heavy atom. The van der Waals surface area contributed by atoms with Crippen molar-refractivity contribution in [3.05, 3.63) is 58.9 Å². The largest absolute Gasteiger partial charge is 0.512 e. The molecular weight excluding hydrogens is 422 g/mol. The Labute approximate surface area is 194 Å². The molecule has 0 aromatic heterocycles. The molecule has 1 aliphatic rings. The molecule has 33 heavy (non-hydrogen) atoms. The quantitative estimate of drug-likeness (QED) is 0.331. The molecule has 2 aromatic carbocycles. The molecule has 0 radical (unpaired) electrons. The first-order valence-corrected chi connectivity index (χ1v) is 10.7. The second-order valence-corrected chi connectivity index (χ2v) is 7.31. The molecule has 0 aliphatic carbocycles. The maximum absolute atomic E-state index is 12.6. The summed E-state index contributed by atoms with van der Waals surface area (Å²) in [6.07, 6.45) is 0. The molecule has 1 aliphatic heterocycles. The number of carbonyl (C=O) groups excluding carboxylic acids is 2. The number of rotatable bonds is 6. The Hall–Kier alpha value is -3.81. The predicted octanol–water partition coefficient (Wildman–Crippen LogP) is 4.77. The summed E-state index contributed by atoms with van der Waals surface area (Å²) in [5.74, 6) is -0.354. The van der Waals surface area contributed by atoms with Gasteiger partial charge in [-0.2, -0.15) is 0 Å². The topological polar surface area (TPSA) is 112 Å².